The number of methoxy groups -OCH3 is 1. The first-order valence-electron chi connectivity index (χ1n) is 9.69. The van der Waals surface area contributed by atoms with Crippen molar-refractivity contribution in [2.75, 3.05) is 7.11 Å². The first kappa shape index (κ1) is 18.7. The number of hydrogen-bond acceptors (Lipinski definition) is 6. The Morgan fingerprint density at radius 3 is 2.80 bits per heavy atom. The number of aromatic nitrogens is 4. The molecule has 3 aromatic heterocycles. The molecule has 4 aromatic rings. The van der Waals surface area contributed by atoms with Crippen LogP contribution in [-0.2, 0) is 7.05 Å². The van der Waals surface area contributed by atoms with E-state index < -0.39 is 5.82 Å². The molecule has 0 saturated carbocycles. The van der Waals surface area contributed by atoms with E-state index in [1.165, 1.54) is 27.5 Å². The molecular weight excluding hydrogens is 387 g/mol. The molecule has 2 unspecified atom stereocenters. The van der Waals surface area contributed by atoms with Gasteiger partial charge in [-0.3, -0.25) is 15.0 Å². The molecule has 0 bridgehead atoms. The van der Waals surface area contributed by atoms with Crippen molar-refractivity contribution in [3.8, 4) is 11.6 Å². The van der Waals surface area contributed by atoms with Crippen molar-refractivity contribution in [1.82, 2.24) is 30.0 Å². The summed E-state index contributed by atoms with van der Waals surface area (Å²) in [6.07, 6.45) is 3.96. The molecule has 8 nitrogen and oxygen atoms in total. The van der Waals surface area contributed by atoms with Gasteiger partial charge in [0.2, 0.25) is 0 Å². The van der Waals surface area contributed by atoms with Crippen LogP contribution in [0.2, 0.25) is 0 Å². The van der Waals surface area contributed by atoms with Crippen LogP contribution >= 0.6 is 0 Å². The molecule has 5 rings (SSSR count). The molecule has 154 valence electrons. The van der Waals surface area contributed by atoms with Gasteiger partial charge in [-0.15, -0.1) is 0 Å². The number of rotatable bonds is 3. The van der Waals surface area contributed by atoms with Crippen molar-refractivity contribution < 1.29 is 9.13 Å². The van der Waals surface area contributed by atoms with Gasteiger partial charge in [0.15, 0.2) is 11.6 Å². The summed E-state index contributed by atoms with van der Waals surface area (Å²) >= 11 is 0. The van der Waals surface area contributed by atoms with Crippen LogP contribution < -0.4 is 21.3 Å². The summed E-state index contributed by atoms with van der Waals surface area (Å²) < 4.78 is 23.0. The number of pyridine rings is 2. The number of nitrogens with zero attached hydrogens (tertiary/aromatic N) is 4. The fourth-order valence-electron chi connectivity index (χ4n) is 4.15. The van der Waals surface area contributed by atoms with Crippen LogP contribution in [0, 0.1) is 5.82 Å². The number of ether oxygens (including phenoxy) is 1. The van der Waals surface area contributed by atoms with Gasteiger partial charge in [-0.2, -0.15) is 0 Å². The zero-order valence-electron chi connectivity index (χ0n) is 16.8. The van der Waals surface area contributed by atoms with E-state index >= 15 is 0 Å². The molecule has 1 aliphatic heterocycles. The van der Waals surface area contributed by atoms with Gasteiger partial charge in [-0.1, -0.05) is 0 Å². The van der Waals surface area contributed by atoms with Crippen LogP contribution in [-0.4, -0.2) is 32.3 Å². The quantitative estimate of drug-likeness (QED) is 0.541. The normalized spacial score (nSPS) is 19.1. The molecule has 1 saturated heterocycles. The zero-order chi connectivity index (χ0) is 21.0. The molecule has 1 aromatic carbocycles. The largest absolute Gasteiger partial charge is 0.496 e. The monoisotopic (exact) mass is 408 g/mol. The number of imidazole rings is 1. The van der Waals surface area contributed by atoms with Gasteiger partial charge in [0.25, 0.3) is 0 Å². The maximum atomic E-state index is 14.6. The first-order valence-corrected chi connectivity index (χ1v) is 9.69. The number of nitrogens with one attached hydrogen (secondary N) is 2. The van der Waals surface area contributed by atoms with Gasteiger partial charge in [-0.05, 0) is 31.5 Å². The lowest BCUT2D eigenvalue weighted by Crippen LogP contribution is -2.29. The molecule has 2 atom stereocenters. The summed E-state index contributed by atoms with van der Waals surface area (Å²) in [7, 11) is 3.26. The van der Waals surface area contributed by atoms with Crippen molar-refractivity contribution in [2.45, 2.75) is 25.4 Å². The van der Waals surface area contributed by atoms with Crippen LogP contribution in [0.25, 0.3) is 27.8 Å². The Morgan fingerprint density at radius 1 is 1.27 bits per heavy atom. The SMILES string of the molecule is COc1cc2ncc3c(c2cc1C1CC(C)NN1)n(-c1ncccc1F)c(=O)n3C. The minimum Gasteiger partial charge on any atom is -0.496 e. The smallest absolute Gasteiger partial charge is 0.334 e. The van der Waals surface area contributed by atoms with Crippen LogP contribution in [0.15, 0.2) is 41.5 Å². The standard InChI is InChI=1S/C21H21FN6O2/c1-11-7-16(26-25-11)12-8-13-15(9-18(12)30-3)24-10-17-19(13)28(21(29)27(17)2)20-14(22)5-4-6-23-20/h4-6,8-11,16,25-26H,7H2,1-3H3. The highest BCUT2D eigenvalue weighted by Crippen LogP contribution is 2.36. The minimum absolute atomic E-state index is 0.0325. The van der Waals surface area contributed by atoms with Gasteiger partial charge in [0.05, 0.1) is 35.9 Å². The molecular formula is C21H21FN6O2. The van der Waals surface area contributed by atoms with Crippen LogP contribution in [0.1, 0.15) is 24.9 Å². The van der Waals surface area contributed by atoms with Gasteiger partial charge in [0, 0.05) is 36.3 Å². The summed E-state index contributed by atoms with van der Waals surface area (Å²) in [6.45, 7) is 2.10. The fourth-order valence-corrected chi connectivity index (χ4v) is 4.15. The third kappa shape index (κ3) is 2.70. The highest BCUT2D eigenvalue weighted by molar-refractivity contribution is 6.03. The minimum atomic E-state index is -0.568. The average molecular weight is 408 g/mol. The maximum Gasteiger partial charge on any atom is 0.334 e. The molecule has 1 fully saturated rings. The van der Waals surface area contributed by atoms with E-state index in [1.807, 2.05) is 12.1 Å². The fraction of sp³-hybridized carbons (Fsp3) is 0.286. The number of hydrogen-bond donors (Lipinski definition) is 2. The summed E-state index contributed by atoms with van der Waals surface area (Å²) in [5.74, 6) is 0.102. The lowest BCUT2D eigenvalue weighted by molar-refractivity contribution is 0.402. The second-order valence-corrected chi connectivity index (χ2v) is 7.57. The first-order chi connectivity index (χ1) is 14.5. The number of hydrazine groups is 1. The van der Waals surface area contributed by atoms with Crippen molar-refractivity contribution in [2.24, 2.45) is 7.05 Å². The van der Waals surface area contributed by atoms with Crippen LogP contribution in [0.3, 0.4) is 0 Å². The number of aryl methyl sites for hydroxylation is 1. The third-order valence-electron chi connectivity index (χ3n) is 5.65. The van der Waals surface area contributed by atoms with Crippen molar-refractivity contribution >= 4 is 21.9 Å². The molecule has 0 spiro atoms. The number of benzene rings is 1. The Kier molecular flexibility index (Phi) is 4.30. The van der Waals surface area contributed by atoms with Crippen LogP contribution in [0.5, 0.6) is 5.75 Å². The zero-order valence-corrected chi connectivity index (χ0v) is 16.8. The Hall–Kier alpha value is -3.30. The lowest BCUT2D eigenvalue weighted by Gasteiger charge is -2.16. The summed E-state index contributed by atoms with van der Waals surface area (Å²) in [5.41, 5.74) is 8.88. The van der Waals surface area contributed by atoms with E-state index in [-0.39, 0.29) is 17.5 Å². The van der Waals surface area contributed by atoms with Gasteiger partial charge in [0.1, 0.15) is 5.75 Å². The third-order valence-corrected chi connectivity index (χ3v) is 5.65. The lowest BCUT2D eigenvalue weighted by atomic mass is 9.99. The second kappa shape index (κ2) is 6.89. The molecule has 30 heavy (non-hydrogen) atoms. The van der Waals surface area contributed by atoms with Gasteiger partial charge >= 0.3 is 5.69 Å². The number of halogens is 1. The molecule has 9 heteroatoms. The number of fused-ring (bicyclic) bond motifs is 3. The van der Waals surface area contributed by atoms with E-state index in [0.717, 1.165) is 17.4 Å². The van der Waals surface area contributed by atoms with E-state index in [4.69, 9.17) is 4.74 Å². The Bertz CT molecular complexity index is 1350. The summed E-state index contributed by atoms with van der Waals surface area (Å²) in [4.78, 5) is 21.7. The summed E-state index contributed by atoms with van der Waals surface area (Å²) in [6, 6.07) is 6.95. The molecule has 1 aliphatic rings. The topological polar surface area (TPSA) is 86.0 Å². The van der Waals surface area contributed by atoms with E-state index in [0.29, 0.717) is 28.3 Å². The summed E-state index contributed by atoms with van der Waals surface area (Å²) in [5, 5.41) is 0.729. The molecule has 0 aliphatic carbocycles. The molecule has 2 N–H and O–H groups in total. The maximum absolute atomic E-state index is 14.6. The van der Waals surface area contributed by atoms with E-state index in [9.17, 15) is 9.18 Å². The predicted octanol–water partition coefficient (Wildman–Crippen LogP) is 2.35. The van der Waals surface area contributed by atoms with Crippen LogP contribution in [0.4, 0.5) is 4.39 Å². The van der Waals surface area contributed by atoms with Gasteiger partial charge in [-0.25, -0.2) is 24.2 Å². The second-order valence-electron chi connectivity index (χ2n) is 7.57. The highest BCUT2D eigenvalue weighted by atomic mass is 19.1. The molecule has 4 heterocycles. The Labute approximate surface area is 171 Å². The van der Waals surface area contributed by atoms with Crippen molar-refractivity contribution in [3.63, 3.8) is 0 Å². The van der Waals surface area contributed by atoms with E-state index in [2.05, 4.69) is 27.7 Å². The molecule has 0 radical (unpaired) electrons. The van der Waals surface area contributed by atoms with Crippen molar-refractivity contribution in [3.05, 3.63) is 58.5 Å². The van der Waals surface area contributed by atoms with Crippen molar-refractivity contribution in [1.29, 1.82) is 0 Å². The predicted molar refractivity (Wildman–Crippen MR) is 111 cm³/mol. The Balaban J connectivity index is 1.88. The Morgan fingerprint density at radius 2 is 2.10 bits per heavy atom. The van der Waals surface area contributed by atoms with E-state index in [1.54, 1.807) is 20.4 Å². The molecule has 0 amide bonds. The highest BCUT2D eigenvalue weighted by Gasteiger charge is 2.26. The van der Waals surface area contributed by atoms with Gasteiger partial charge < -0.3 is 4.74 Å². The average Bonchev–Trinajstić information content (AvgIpc) is 3.29.